The topological polar surface area (TPSA) is 158 Å². The maximum atomic E-state index is 10.8. The van der Waals surface area contributed by atoms with Crippen LogP contribution in [0.2, 0.25) is 0 Å². The number of nitrogens with zero attached hydrogens (tertiary/aromatic N) is 7. The molecule has 0 saturated heterocycles. The molecule has 0 spiro atoms. The molecule has 0 aliphatic heterocycles. The minimum atomic E-state index is -0.446. The first-order chi connectivity index (χ1) is 28.9. The lowest BCUT2D eigenvalue weighted by molar-refractivity contribution is -0.384. The van der Waals surface area contributed by atoms with E-state index in [9.17, 15) is 20.3 Å². The van der Waals surface area contributed by atoms with Gasteiger partial charge in [0.15, 0.2) is 0 Å². The van der Waals surface area contributed by atoms with E-state index in [0.29, 0.717) is 37.7 Å². The molecule has 0 heterocycles. The second-order valence-corrected chi connectivity index (χ2v) is 14.6. The van der Waals surface area contributed by atoms with Crippen LogP contribution < -0.4 is 9.47 Å². The van der Waals surface area contributed by atoms with Gasteiger partial charge in [0.2, 0.25) is 0 Å². The third-order valence-corrected chi connectivity index (χ3v) is 9.89. The van der Waals surface area contributed by atoms with E-state index in [0.717, 1.165) is 107 Å². The Hall–Kier alpha value is -5.08. The maximum Gasteiger partial charge on any atom is 0.269 e. The number of nitro groups is 1. The molecule has 4 aromatic carbocycles. The molecule has 0 atom stereocenters. The first-order valence-corrected chi connectivity index (χ1v) is 21.2. The molecule has 0 fully saturated rings. The van der Waals surface area contributed by atoms with Crippen LogP contribution >= 0.6 is 0 Å². The smallest absolute Gasteiger partial charge is 0.269 e. The number of hydrogen-bond donors (Lipinski definition) is 2. The quantitative estimate of drug-likeness (QED) is 0.0220. The van der Waals surface area contributed by atoms with Crippen LogP contribution in [-0.2, 0) is 6.42 Å². The normalized spacial score (nSPS) is 11.7. The van der Waals surface area contributed by atoms with Gasteiger partial charge < -0.3 is 19.7 Å². The van der Waals surface area contributed by atoms with E-state index in [-0.39, 0.29) is 18.9 Å². The molecule has 0 amide bonds. The highest BCUT2D eigenvalue weighted by molar-refractivity contribution is 5.46. The highest BCUT2D eigenvalue weighted by Gasteiger charge is 2.10. The van der Waals surface area contributed by atoms with Gasteiger partial charge in [0, 0.05) is 38.3 Å². The summed E-state index contributed by atoms with van der Waals surface area (Å²) in [5.74, 6) is 1.61. The van der Waals surface area contributed by atoms with Gasteiger partial charge in [0.25, 0.3) is 5.69 Å². The minimum Gasteiger partial charge on any atom is -0.494 e. The molecule has 0 unspecified atom stereocenters. The van der Waals surface area contributed by atoms with E-state index in [1.165, 1.54) is 30.5 Å². The molecular formula is C46H63N7O6. The summed E-state index contributed by atoms with van der Waals surface area (Å²) in [7, 11) is 0. The number of benzene rings is 4. The molecule has 0 radical (unpaired) electrons. The Morgan fingerprint density at radius 2 is 0.898 bits per heavy atom. The van der Waals surface area contributed by atoms with Gasteiger partial charge in [-0.25, -0.2) is 0 Å². The Morgan fingerprint density at radius 3 is 1.29 bits per heavy atom. The lowest BCUT2D eigenvalue weighted by atomic mass is 10.1. The van der Waals surface area contributed by atoms with Crippen molar-refractivity contribution in [1.29, 1.82) is 0 Å². The number of rotatable bonds is 31. The Labute approximate surface area is 350 Å². The molecule has 0 bridgehead atoms. The van der Waals surface area contributed by atoms with Crippen molar-refractivity contribution >= 4 is 28.4 Å². The summed E-state index contributed by atoms with van der Waals surface area (Å²) in [5, 5.41) is 47.2. The van der Waals surface area contributed by atoms with Crippen molar-refractivity contribution in [3.05, 3.63) is 113 Å². The third kappa shape index (κ3) is 19.5. The van der Waals surface area contributed by atoms with Gasteiger partial charge in [-0.2, -0.15) is 20.5 Å². The van der Waals surface area contributed by atoms with Gasteiger partial charge in [-0.05, 0) is 130 Å². The second-order valence-electron chi connectivity index (χ2n) is 14.6. The molecule has 318 valence electrons. The van der Waals surface area contributed by atoms with Crippen LogP contribution in [0, 0.1) is 10.1 Å². The van der Waals surface area contributed by atoms with Crippen LogP contribution in [0.4, 0.5) is 28.4 Å². The van der Waals surface area contributed by atoms with Crippen LogP contribution in [0.1, 0.15) is 76.7 Å². The Kier molecular flexibility index (Phi) is 22.4. The Bertz CT molecular complexity index is 1770. The number of unbranched alkanes of at least 4 members (excludes halogenated alkanes) is 7. The van der Waals surface area contributed by atoms with Crippen molar-refractivity contribution in [3.63, 3.8) is 0 Å². The van der Waals surface area contributed by atoms with Crippen molar-refractivity contribution in [2.45, 2.75) is 77.6 Å². The fourth-order valence-electron chi connectivity index (χ4n) is 6.40. The largest absolute Gasteiger partial charge is 0.494 e. The van der Waals surface area contributed by atoms with E-state index in [2.05, 4.69) is 49.3 Å². The van der Waals surface area contributed by atoms with Crippen LogP contribution in [0.5, 0.6) is 11.5 Å². The van der Waals surface area contributed by atoms with E-state index in [1.807, 2.05) is 60.7 Å². The first-order valence-electron chi connectivity index (χ1n) is 21.2. The van der Waals surface area contributed by atoms with Gasteiger partial charge in [-0.3, -0.25) is 19.9 Å². The van der Waals surface area contributed by atoms with E-state index in [4.69, 9.17) is 9.47 Å². The molecular weight excluding hydrogens is 747 g/mol. The van der Waals surface area contributed by atoms with E-state index < -0.39 is 4.92 Å². The van der Waals surface area contributed by atoms with Gasteiger partial charge in [-0.15, -0.1) is 0 Å². The molecule has 13 heteroatoms. The third-order valence-electron chi connectivity index (χ3n) is 9.89. The number of aliphatic hydroxyl groups is 2. The molecule has 0 aliphatic carbocycles. The van der Waals surface area contributed by atoms with E-state index >= 15 is 0 Å². The zero-order valence-corrected chi connectivity index (χ0v) is 34.7. The molecule has 0 aliphatic rings. The maximum absolute atomic E-state index is 10.8. The summed E-state index contributed by atoms with van der Waals surface area (Å²) in [6.07, 6.45) is 11.9. The predicted molar refractivity (Wildman–Crippen MR) is 234 cm³/mol. The zero-order valence-electron chi connectivity index (χ0n) is 34.7. The average Bonchev–Trinajstić information content (AvgIpc) is 3.26. The summed E-state index contributed by atoms with van der Waals surface area (Å²) in [6.45, 7) is 8.72. The summed E-state index contributed by atoms with van der Waals surface area (Å²) in [5.41, 5.74) is 4.20. The molecule has 0 aromatic heterocycles. The lowest BCUT2D eigenvalue weighted by Crippen LogP contribution is -2.38. The number of aliphatic hydroxyl groups excluding tert-OH is 2. The van der Waals surface area contributed by atoms with Crippen molar-refractivity contribution in [3.8, 4) is 11.5 Å². The van der Waals surface area contributed by atoms with Crippen molar-refractivity contribution in [1.82, 2.24) is 9.80 Å². The fraction of sp³-hybridized carbons (Fsp3) is 0.478. The van der Waals surface area contributed by atoms with Crippen LogP contribution in [0.15, 0.2) is 118 Å². The molecule has 59 heavy (non-hydrogen) atoms. The number of aryl methyl sites for hydroxylation is 1. The second kappa shape index (κ2) is 28.4. The number of ether oxygens (including phenoxy) is 2. The summed E-state index contributed by atoms with van der Waals surface area (Å²) >= 11 is 0. The molecule has 4 aromatic rings. The fourth-order valence-corrected chi connectivity index (χ4v) is 6.40. The molecule has 13 nitrogen and oxygen atoms in total. The first kappa shape index (κ1) is 46.6. The zero-order chi connectivity index (χ0) is 41.8. The minimum absolute atomic E-state index is 0.0161. The number of azo groups is 2. The number of hydrogen-bond acceptors (Lipinski definition) is 12. The van der Waals surface area contributed by atoms with Gasteiger partial charge in [0.05, 0.1) is 54.1 Å². The van der Waals surface area contributed by atoms with Gasteiger partial charge in [0.1, 0.15) is 11.5 Å². The van der Waals surface area contributed by atoms with Gasteiger partial charge >= 0.3 is 0 Å². The number of non-ortho nitro benzene ring substituents is 1. The SMILES string of the molecule is CCCCc1ccc(N=Nc2ccc(OCCCCCCN(CCO)CCN(CCO)CCCCCCOc3ccc(N=Nc4ccc([N+](=O)[O-])cc4)cc3)cc2)cc1. The summed E-state index contributed by atoms with van der Waals surface area (Å²) < 4.78 is 11.9. The molecule has 4 rings (SSSR count). The van der Waals surface area contributed by atoms with Crippen molar-refractivity contribution in [2.75, 3.05) is 65.7 Å². The highest BCUT2D eigenvalue weighted by atomic mass is 16.6. The van der Waals surface area contributed by atoms with E-state index in [1.54, 1.807) is 12.1 Å². The van der Waals surface area contributed by atoms with Gasteiger partial charge in [-0.1, -0.05) is 51.2 Å². The van der Waals surface area contributed by atoms with Crippen LogP contribution in [-0.4, -0.2) is 90.6 Å². The Balaban J connectivity index is 1.02. The molecule has 2 N–H and O–H groups in total. The van der Waals surface area contributed by atoms with Crippen molar-refractivity contribution in [2.24, 2.45) is 20.5 Å². The molecule has 0 saturated carbocycles. The highest BCUT2D eigenvalue weighted by Crippen LogP contribution is 2.24. The standard InChI is InChI=1S/C46H63N7O6/c1-2-3-12-39-13-15-40(16-14-39)47-49-42-19-25-45(26-20-42)58-37-10-6-4-8-29-51(33-35-54)31-32-52(34-36-55)30-9-5-7-11-38-59-46-27-21-43(22-28-46)50-48-41-17-23-44(24-18-41)53(56)57/h13-28,54-55H,2-12,29-38H2,1H3. The van der Waals surface area contributed by atoms with Crippen LogP contribution in [0.3, 0.4) is 0 Å². The summed E-state index contributed by atoms with van der Waals surface area (Å²) in [4.78, 5) is 15.0. The Morgan fingerprint density at radius 1 is 0.508 bits per heavy atom. The summed E-state index contributed by atoms with van der Waals surface area (Å²) in [6, 6.07) is 29.3. The lowest BCUT2D eigenvalue weighted by Gasteiger charge is -2.27. The van der Waals surface area contributed by atoms with Crippen molar-refractivity contribution < 1.29 is 24.6 Å². The predicted octanol–water partition coefficient (Wildman–Crippen LogP) is 10.9. The monoisotopic (exact) mass is 809 g/mol. The van der Waals surface area contributed by atoms with Crippen LogP contribution in [0.25, 0.3) is 0 Å². The average molecular weight is 810 g/mol. The number of nitro benzene ring substituents is 1.